The summed E-state index contributed by atoms with van der Waals surface area (Å²) >= 11 is 0. The highest BCUT2D eigenvalue weighted by Crippen LogP contribution is 2.19. The lowest BCUT2D eigenvalue weighted by Crippen LogP contribution is -2.38. The Morgan fingerprint density at radius 1 is 1.25 bits per heavy atom. The van der Waals surface area contributed by atoms with Crippen molar-refractivity contribution in [3.63, 3.8) is 0 Å². The van der Waals surface area contributed by atoms with Crippen molar-refractivity contribution in [2.24, 2.45) is 0 Å². The molecule has 0 aliphatic heterocycles. The molecule has 3 rings (SSSR count). The molecule has 126 valence electrons. The van der Waals surface area contributed by atoms with E-state index in [1.807, 2.05) is 0 Å². The normalized spacial score (nSPS) is 13.6. The summed E-state index contributed by atoms with van der Waals surface area (Å²) in [5.74, 6) is -0.865. The van der Waals surface area contributed by atoms with Gasteiger partial charge >= 0.3 is 0 Å². The summed E-state index contributed by atoms with van der Waals surface area (Å²) in [4.78, 5) is 24.1. The van der Waals surface area contributed by atoms with Gasteiger partial charge in [-0.15, -0.1) is 0 Å². The third-order valence-corrected chi connectivity index (χ3v) is 3.94. The van der Waals surface area contributed by atoms with Crippen molar-refractivity contribution in [1.29, 1.82) is 0 Å². The summed E-state index contributed by atoms with van der Waals surface area (Å²) in [6.45, 7) is 3.44. The highest BCUT2D eigenvalue weighted by Gasteiger charge is 2.24. The highest BCUT2D eigenvalue weighted by atomic mass is 19.1. The fraction of sp³-hybridized carbons (Fsp3) is 0.353. The molecular weight excluding hydrogens is 311 g/mol. The van der Waals surface area contributed by atoms with E-state index in [0.29, 0.717) is 22.6 Å². The fourth-order valence-electron chi connectivity index (χ4n) is 2.56. The van der Waals surface area contributed by atoms with E-state index in [2.05, 4.69) is 15.7 Å². The van der Waals surface area contributed by atoms with Gasteiger partial charge in [0.15, 0.2) is 0 Å². The molecule has 6 nitrogen and oxygen atoms in total. The first kappa shape index (κ1) is 16.2. The van der Waals surface area contributed by atoms with Crippen LogP contribution in [-0.2, 0) is 4.79 Å². The zero-order chi connectivity index (χ0) is 17.3. The number of nitrogens with one attached hydrogen (secondary N) is 2. The number of benzene rings is 1. The topological polar surface area (TPSA) is 76.0 Å². The summed E-state index contributed by atoms with van der Waals surface area (Å²) in [5, 5.41) is 9.79. The molecule has 24 heavy (non-hydrogen) atoms. The number of nitrogens with zero attached hydrogens (tertiary/aromatic N) is 2. The third kappa shape index (κ3) is 3.45. The lowest BCUT2D eigenvalue weighted by molar-refractivity contribution is -0.120. The average molecular weight is 330 g/mol. The molecule has 0 radical (unpaired) electrons. The van der Waals surface area contributed by atoms with Gasteiger partial charge in [-0.2, -0.15) is 5.10 Å². The van der Waals surface area contributed by atoms with Crippen LogP contribution in [0.3, 0.4) is 0 Å². The minimum absolute atomic E-state index is 0.0596. The van der Waals surface area contributed by atoms with Crippen molar-refractivity contribution in [2.45, 2.75) is 32.7 Å². The number of halogens is 1. The molecule has 1 aromatic heterocycles. The minimum Gasteiger partial charge on any atom is -0.352 e. The Morgan fingerprint density at radius 2 is 1.92 bits per heavy atom. The molecule has 7 heteroatoms. The van der Waals surface area contributed by atoms with Crippen molar-refractivity contribution in [3.8, 4) is 5.69 Å². The Bertz CT molecular complexity index is 779. The maximum Gasteiger partial charge on any atom is 0.255 e. The number of carbonyl (C=O) groups is 2. The van der Waals surface area contributed by atoms with E-state index < -0.39 is 0 Å². The molecule has 1 heterocycles. The van der Waals surface area contributed by atoms with Gasteiger partial charge in [-0.25, -0.2) is 9.07 Å². The number of carbonyl (C=O) groups excluding carboxylic acids is 2. The van der Waals surface area contributed by atoms with Gasteiger partial charge in [-0.05, 0) is 51.0 Å². The predicted octanol–water partition coefficient (Wildman–Crippen LogP) is 1.64. The second-order valence-corrected chi connectivity index (χ2v) is 5.96. The molecule has 1 saturated carbocycles. The molecule has 1 aliphatic carbocycles. The molecule has 0 saturated heterocycles. The summed E-state index contributed by atoms with van der Waals surface area (Å²) in [6, 6.07) is 6.14. The van der Waals surface area contributed by atoms with Crippen LogP contribution < -0.4 is 10.6 Å². The van der Waals surface area contributed by atoms with E-state index >= 15 is 0 Å². The molecule has 0 spiro atoms. The van der Waals surface area contributed by atoms with Gasteiger partial charge in [0.05, 0.1) is 29.2 Å². The van der Waals surface area contributed by atoms with Gasteiger partial charge < -0.3 is 10.6 Å². The first-order chi connectivity index (χ1) is 11.5. The lowest BCUT2D eigenvalue weighted by Gasteiger charge is -2.07. The molecule has 1 aromatic carbocycles. The van der Waals surface area contributed by atoms with E-state index in [1.54, 1.807) is 30.7 Å². The van der Waals surface area contributed by atoms with Crippen LogP contribution in [0.4, 0.5) is 4.39 Å². The predicted molar refractivity (Wildman–Crippen MR) is 86.5 cm³/mol. The van der Waals surface area contributed by atoms with Crippen LogP contribution in [0.1, 0.15) is 34.6 Å². The van der Waals surface area contributed by atoms with Crippen LogP contribution in [0.15, 0.2) is 24.3 Å². The number of aryl methyl sites for hydroxylation is 1. The molecule has 0 atom stereocenters. The molecule has 0 unspecified atom stereocenters. The maximum atomic E-state index is 13.1. The van der Waals surface area contributed by atoms with Crippen molar-refractivity contribution in [1.82, 2.24) is 20.4 Å². The fourth-order valence-corrected chi connectivity index (χ4v) is 2.56. The number of hydrogen-bond donors (Lipinski definition) is 2. The molecule has 2 aromatic rings. The van der Waals surface area contributed by atoms with Crippen LogP contribution in [0.25, 0.3) is 5.69 Å². The second kappa shape index (κ2) is 6.43. The van der Waals surface area contributed by atoms with E-state index in [1.165, 1.54) is 12.1 Å². The minimum atomic E-state index is -0.343. The highest BCUT2D eigenvalue weighted by molar-refractivity contribution is 5.98. The van der Waals surface area contributed by atoms with Gasteiger partial charge in [-0.1, -0.05) is 0 Å². The maximum absolute atomic E-state index is 13.1. The van der Waals surface area contributed by atoms with Crippen LogP contribution >= 0.6 is 0 Å². The van der Waals surface area contributed by atoms with Gasteiger partial charge in [0.1, 0.15) is 5.82 Å². The lowest BCUT2D eigenvalue weighted by atomic mass is 10.2. The zero-order valence-electron chi connectivity index (χ0n) is 13.6. The second-order valence-electron chi connectivity index (χ2n) is 5.96. The van der Waals surface area contributed by atoms with Gasteiger partial charge in [0, 0.05) is 6.04 Å². The van der Waals surface area contributed by atoms with Crippen LogP contribution in [-0.4, -0.2) is 34.2 Å². The Morgan fingerprint density at radius 3 is 2.54 bits per heavy atom. The monoisotopic (exact) mass is 330 g/mol. The average Bonchev–Trinajstić information content (AvgIpc) is 3.30. The Labute approximate surface area is 139 Å². The summed E-state index contributed by atoms with van der Waals surface area (Å²) in [7, 11) is 0. The van der Waals surface area contributed by atoms with Gasteiger partial charge in [0.25, 0.3) is 5.91 Å². The van der Waals surface area contributed by atoms with Crippen molar-refractivity contribution >= 4 is 11.8 Å². The number of aromatic nitrogens is 2. The van der Waals surface area contributed by atoms with Gasteiger partial charge in [-0.3, -0.25) is 9.59 Å². The summed E-state index contributed by atoms with van der Waals surface area (Å²) in [6.07, 6.45) is 2.00. The van der Waals surface area contributed by atoms with Crippen LogP contribution in [0.2, 0.25) is 0 Å². The smallest absolute Gasteiger partial charge is 0.255 e. The van der Waals surface area contributed by atoms with Crippen LogP contribution in [0, 0.1) is 19.7 Å². The summed E-state index contributed by atoms with van der Waals surface area (Å²) in [5.41, 5.74) is 2.29. The molecular formula is C17H19FN4O2. The number of rotatable bonds is 5. The number of amides is 2. The zero-order valence-corrected chi connectivity index (χ0v) is 13.6. The standard InChI is InChI=1S/C17H19FN4O2/c1-10-16(17(24)19-9-15(23)20-13-5-6-13)11(2)22(21-10)14-7-3-12(18)4-8-14/h3-4,7-8,13H,5-6,9H2,1-2H3,(H,19,24)(H,20,23). The number of hydrogen-bond acceptors (Lipinski definition) is 3. The van der Waals surface area contributed by atoms with E-state index in [0.717, 1.165) is 12.8 Å². The van der Waals surface area contributed by atoms with E-state index in [4.69, 9.17) is 0 Å². The van der Waals surface area contributed by atoms with Crippen molar-refractivity contribution < 1.29 is 14.0 Å². The third-order valence-electron chi connectivity index (χ3n) is 3.94. The Hall–Kier alpha value is -2.70. The molecule has 2 N–H and O–H groups in total. The largest absolute Gasteiger partial charge is 0.352 e. The first-order valence-corrected chi connectivity index (χ1v) is 7.85. The molecule has 1 fully saturated rings. The first-order valence-electron chi connectivity index (χ1n) is 7.85. The van der Waals surface area contributed by atoms with Crippen molar-refractivity contribution in [2.75, 3.05) is 6.54 Å². The SMILES string of the molecule is Cc1nn(-c2ccc(F)cc2)c(C)c1C(=O)NCC(=O)NC1CC1. The molecule has 0 bridgehead atoms. The molecule has 2 amide bonds. The van der Waals surface area contributed by atoms with E-state index in [-0.39, 0.29) is 30.2 Å². The Balaban J connectivity index is 1.74. The molecule has 1 aliphatic rings. The van der Waals surface area contributed by atoms with E-state index in [9.17, 15) is 14.0 Å². The Kier molecular flexibility index (Phi) is 4.33. The van der Waals surface area contributed by atoms with Crippen molar-refractivity contribution in [3.05, 3.63) is 47.0 Å². The summed E-state index contributed by atoms with van der Waals surface area (Å²) < 4.78 is 14.6. The quantitative estimate of drug-likeness (QED) is 0.875. The van der Waals surface area contributed by atoms with Gasteiger partial charge in [0.2, 0.25) is 5.91 Å². The van der Waals surface area contributed by atoms with Crippen LogP contribution in [0.5, 0.6) is 0 Å².